The summed E-state index contributed by atoms with van der Waals surface area (Å²) in [7, 11) is 0. The van der Waals surface area contributed by atoms with Crippen LogP contribution in [-0.2, 0) is 35.2 Å². The van der Waals surface area contributed by atoms with E-state index >= 15 is 0 Å². The van der Waals surface area contributed by atoms with E-state index in [0.29, 0.717) is 13.0 Å². The van der Waals surface area contributed by atoms with E-state index in [1.807, 2.05) is 44.2 Å². The normalized spacial score (nSPS) is 12.1. The highest BCUT2D eigenvalue weighted by Crippen LogP contribution is 2.18. The fraction of sp³-hybridized carbons (Fsp3) is 0.565. The molecule has 8 nitrogen and oxygen atoms in total. The van der Waals surface area contributed by atoms with Gasteiger partial charge in [-0.1, -0.05) is 44.2 Å². The number of hydrogen-bond donors (Lipinski definition) is 2. The van der Waals surface area contributed by atoms with E-state index in [1.165, 1.54) is 0 Å². The van der Waals surface area contributed by atoms with Crippen LogP contribution in [0.3, 0.4) is 0 Å². The van der Waals surface area contributed by atoms with Crippen LogP contribution in [0.1, 0.15) is 53.0 Å². The number of esters is 2. The molecule has 2 amide bonds. The lowest BCUT2D eigenvalue weighted by molar-refractivity contribution is -0.157. The molecule has 0 saturated heterocycles. The molecule has 0 aliphatic rings. The second kappa shape index (κ2) is 12.7. The summed E-state index contributed by atoms with van der Waals surface area (Å²) in [6.07, 6.45) is 0.403. The summed E-state index contributed by atoms with van der Waals surface area (Å²) in [4.78, 5) is 48.2. The molecule has 1 rings (SSSR count). The Hall–Kier alpha value is -2.90. The molecule has 31 heavy (non-hydrogen) atoms. The summed E-state index contributed by atoms with van der Waals surface area (Å²) in [6.45, 7) is 8.67. The zero-order valence-electron chi connectivity index (χ0n) is 19.0. The Morgan fingerprint density at radius 3 is 2.19 bits per heavy atom. The fourth-order valence-corrected chi connectivity index (χ4v) is 2.78. The third-order valence-electron chi connectivity index (χ3n) is 4.06. The summed E-state index contributed by atoms with van der Waals surface area (Å²) >= 11 is 0. The van der Waals surface area contributed by atoms with Gasteiger partial charge in [0.1, 0.15) is 12.1 Å². The molecular weight excluding hydrogens is 400 g/mol. The van der Waals surface area contributed by atoms with Crippen LogP contribution < -0.4 is 10.6 Å². The van der Waals surface area contributed by atoms with Gasteiger partial charge in [0.25, 0.3) is 5.91 Å². The number of benzene rings is 1. The molecule has 2 N–H and O–H groups in total. The zero-order valence-corrected chi connectivity index (χ0v) is 19.0. The molecule has 0 fully saturated rings. The summed E-state index contributed by atoms with van der Waals surface area (Å²) < 4.78 is 10.2. The lowest BCUT2D eigenvalue weighted by atomic mass is 9.93. The topological polar surface area (TPSA) is 111 Å². The van der Waals surface area contributed by atoms with Crippen LogP contribution in [-0.4, -0.2) is 42.5 Å². The van der Waals surface area contributed by atoms with Crippen molar-refractivity contribution in [2.24, 2.45) is 11.8 Å². The molecule has 8 heteroatoms. The number of carbonyl (C=O) groups excluding carboxylic acids is 4. The fourth-order valence-electron chi connectivity index (χ4n) is 2.78. The van der Waals surface area contributed by atoms with Crippen LogP contribution >= 0.6 is 0 Å². The van der Waals surface area contributed by atoms with E-state index in [-0.39, 0.29) is 18.9 Å². The Balaban J connectivity index is 2.41. The van der Waals surface area contributed by atoms with Gasteiger partial charge in [0, 0.05) is 12.5 Å². The number of rotatable bonds is 11. The highest BCUT2D eigenvalue weighted by atomic mass is 16.6. The van der Waals surface area contributed by atoms with Crippen molar-refractivity contribution in [1.29, 1.82) is 0 Å². The second-order valence-corrected chi connectivity index (χ2v) is 8.76. The molecule has 0 unspecified atom stereocenters. The summed E-state index contributed by atoms with van der Waals surface area (Å²) in [5.74, 6) is -2.50. The highest BCUT2D eigenvalue weighted by molar-refractivity contribution is 5.87. The van der Waals surface area contributed by atoms with Gasteiger partial charge < -0.3 is 20.1 Å². The Morgan fingerprint density at radius 1 is 0.968 bits per heavy atom. The molecule has 0 heterocycles. The van der Waals surface area contributed by atoms with Crippen LogP contribution in [0, 0.1) is 11.8 Å². The Bertz CT molecular complexity index is 740. The highest BCUT2D eigenvalue weighted by Gasteiger charge is 2.26. The summed E-state index contributed by atoms with van der Waals surface area (Å²) in [5, 5.41) is 5.13. The molecule has 0 saturated carbocycles. The smallest absolute Gasteiger partial charge is 0.325 e. The third-order valence-corrected chi connectivity index (χ3v) is 4.06. The van der Waals surface area contributed by atoms with E-state index in [2.05, 4.69) is 10.6 Å². The number of ether oxygens (including phenoxy) is 2. The molecular formula is C23H34N2O6. The van der Waals surface area contributed by atoms with E-state index in [1.54, 1.807) is 20.8 Å². The van der Waals surface area contributed by atoms with Crippen molar-refractivity contribution < 1.29 is 28.7 Å². The molecule has 0 radical (unpaired) electrons. The molecule has 0 aliphatic carbocycles. The Kier molecular flexibility index (Phi) is 10.7. The number of amides is 2. The third kappa shape index (κ3) is 12.4. The Labute approximate surface area is 184 Å². The molecule has 1 aromatic carbocycles. The second-order valence-electron chi connectivity index (χ2n) is 8.76. The predicted molar refractivity (Wildman–Crippen MR) is 116 cm³/mol. The average Bonchev–Trinajstić information content (AvgIpc) is 2.67. The summed E-state index contributed by atoms with van der Waals surface area (Å²) in [6, 6.07) is 9.33. The molecule has 1 atom stereocenters. The predicted octanol–water partition coefficient (Wildman–Crippen LogP) is 2.36. The minimum absolute atomic E-state index is 0.0712. The van der Waals surface area contributed by atoms with Crippen molar-refractivity contribution in [2.45, 2.75) is 59.6 Å². The quantitative estimate of drug-likeness (QED) is 0.517. The van der Waals surface area contributed by atoms with Crippen molar-refractivity contribution in [3.05, 3.63) is 35.9 Å². The van der Waals surface area contributed by atoms with Crippen LogP contribution in [0.4, 0.5) is 0 Å². The first-order valence-electron chi connectivity index (χ1n) is 10.4. The van der Waals surface area contributed by atoms with Gasteiger partial charge in [0.05, 0.1) is 6.42 Å². The van der Waals surface area contributed by atoms with Crippen molar-refractivity contribution in [1.82, 2.24) is 10.6 Å². The van der Waals surface area contributed by atoms with E-state index in [9.17, 15) is 19.2 Å². The first-order chi connectivity index (χ1) is 14.5. The first kappa shape index (κ1) is 26.1. The lowest BCUT2D eigenvalue weighted by Gasteiger charge is -2.22. The van der Waals surface area contributed by atoms with E-state index < -0.39 is 41.9 Å². The van der Waals surface area contributed by atoms with E-state index in [0.717, 1.165) is 5.56 Å². The lowest BCUT2D eigenvalue weighted by Crippen LogP contribution is -2.38. The van der Waals surface area contributed by atoms with Gasteiger partial charge in [-0.2, -0.15) is 0 Å². The van der Waals surface area contributed by atoms with Crippen molar-refractivity contribution in [3.8, 4) is 0 Å². The minimum atomic E-state index is -0.733. The maximum absolute atomic E-state index is 12.5. The molecule has 0 bridgehead atoms. The van der Waals surface area contributed by atoms with Gasteiger partial charge in [0.15, 0.2) is 6.61 Å². The number of carbonyl (C=O) groups is 4. The van der Waals surface area contributed by atoms with Gasteiger partial charge >= 0.3 is 11.9 Å². The van der Waals surface area contributed by atoms with Crippen molar-refractivity contribution >= 4 is 23.8 Å². The monoisotopic (exact) mass is 434 g/mol. The SMILES string of the molecule is CC(C)C[C@H](CC(=O)OC(C)(C)C)C(=O)NCC(=O)OCC(=O)NCc1ccccc1. The molecule has 0 aliphatic heterocycles. The average molecular weight is 435 g/mol. The van der Waals surface area contributed by atoms with Crippen LogP contribution in [0.25, 0.3) is 0 Å². The zero-order chi connectivity index (χ0) is 23.4. The van der Waals surface area contributed by atoms with E-state index in [4.69, 9.17) is 9.47 Å². The largest absolute Gasteiger partial charge is 0.460 e. The van der Waals surface area contributed by atoms with Gasteiger partial charge in [0.2, 0.25) is 5.91 Å². The number of nitrogens with one attached hydrogen (secondary N) is 2. The maximum atomic E-state index is 12.5. The Morgan fingerprint density at radius 2 is 1.61 bits per heavy atom. The maximum Gasteiger partial charge on any atom is 0.325 e. The minimum Gasteiger partial charge on any atom is -0.460 e. The molecule has 0 aromatic heterocycles. The van der Waals surface area contributed by atoms with Gasteiger partial charge in [-0.05, 0) is 38.7 Å². The van der Waals surface area contributed by atoms with Crippen LogP contribution in [0.2, 0.25) is 0 Å². The molecule has 0 spiro atoms. The molecule has 1 aromatic rings. The van der Waals surface area contributed by atoms with Crippen molar-refractivity contribution in [2.75, 3.05) is 13.2 Å². The van der Waals surface area contributed by atoms with Gasteiger partial charge in [-0.3, -0.25) is 19.2 Å². The summed E-state index contributed by atoms with van der Waals surface area (Å²) in [5.41, 5.74) is 0.288. The number of hydrogen-bond acceptors (Lipinski definition) is 6. The van der Waals surface area contributed by atoms with Crippen LogP contribution in [0.5, 0.6) is 0 Å². The first-order valence-corrected chi connectivity index (χ1v) is 10.4. The van der Waals surface area contributed by atoms with Gasteiger partial charge in [-0.15, -0.1) is 0 Å². The standard InChI is InChI=1S/C23H34N2O6/c1-16(2)11-18(12-20(27)31-23(3,4)5)22(29)25-14-21(28)30-15-19(26)24-13-17-9-7-6-8-10-17/h6-10,16,18H,11-15H2,1-5H3,(H,24,26)(H,25,29)/t18-/m1/s1. The van der Waals surface area contributed by atoms with Crippen LogP contribution in [0.15, 0.2) is 30.3 Å². The van der Waals surface area contributed by atoms with Crippen molar-refractivity contribution in [3.63, 3.8) is 0 Å². The van der Waals surface area contributed by atoms with Gasteiger partial charge in [-0.25, -0.2) is 0 Å². The molecule has 172 valence electrons.